The van der Waals surface area contributed by atoms with Gasteiger partial charge < -0.3 is 10.1 Å². The van der Waals surface area contributed by atoms with E-state index in [1.54, 1.807) is 0 Å². The van der Waals surface area contributed by atoms with E-state index in [2.05, 4.69) is 11.4 Å². The van der Waals surface area contributed by atoms with Gasteiger partial charge in [0, 0.05) is 19.7 Å². The summed E-state index contributed by atoms with van der Waals surface area (Å²) >= 11 is 0. The molecule has 56 valence electrons. The maximum Gasteiger partial charge on any atom is 0.0760 e. The van der Waals surface area contributed by atoms with Crippen molar-refractivity contribution in [3.05, 3.63) is 11.6 Å². The van der Waals surface area contributed by atoms with E-state index in [1.165, 1.54) is 18.4 Å². The smallest absolute Gasteiger partial charge is 0.0760 e. The van der Waals surface area contributed by atoms with Gasteiger partial charge in [-0.15, -0.1) is 0 Å². The van der Waals surface area contributed by atoms with E-state index in [4.69, 9.17) is 4.74 Å². The SMILES string of the molecule is C(=C1CNC1)C1CCCO1. The second-order valence-electron chi connectivity index (χ2n) is 2.98. The zero-order chi connectivity index (χ0) is 6.81. The van der Waals surface area contributed by atoms with E-state index in [0.717, 1.165) is 19.7 Å². The molecule has 0 aromatic carbocycles. The third-order valence-corrected chi connectivity index (χ3v) is 2.09. The molecule has 1 N–H and O–H groups in total. The maximum atomic E-state index is 5.46. The topological polar surface area (TPSA) is 21.3 Å². The van der Waals surface area contributed by atoms with Crippen LogP contribution in [0.3, 0.4) is 0 Å². The predicted octanol–water partition coefficient (Wildman–Crippen LogP) is 0.695. The van der Waals surface area contributed by atoms with E-state index in [-0.39, 0.29) is 0 Å². The third kappa shape index (κ3) is 1.22. The second kappa shape index (κ2) is 2.72. The number of hydrogen-bond donors (Lipinski definition) is 1. The molecule has 0 amide bonds. The molecule has 2 aliphatic rings. The van der Waals surface area contributed by atoms with Gasteiger partial charge in [-0.25, -0.2) is 0 Å². The third-order valence-electron chi connectivity index (χ3n) is 2.09. The van der Waals surface area contributed by atoms with Crippen molar-refractivity contribution in [2.75, 3.05) is 19.7 Å². The number of rotatable bonds is 1. The summed E-state index contributed by atoms with van der Waals surface area (Å²) in [5.74, 6) is 0. The summed E-state index contributed by atoms with van der Waals surface area (Å²) in [5, 5.41) is 3.21. The summed E-state index contributed by atoms with van der Waals surface area (Å²) in [4.78, 5) is 0. The Hall–Kier alpha value is -0.340. The Morgan fingerprint density at radius 1 is 1.50 bits per heavy atom. The fraction of sp³-hybridized carbons (Fsp3) is 0.750. The fourth-order valence-corrected chi connectivity index (χ4v) is 1.38. The van der Waals surface area contributed by atoms with Crippen molar-refractivity contribution in [2.24, 2.45) is 0 Å². The Bertz CT molecular complexity index is 141. The highest BCUT2D eigenvalue weighted by Gasteiger charge is 2.15. The fourth-order valence-electron chi connectivity index (χ4n) is 1.38. The highest BCUT2D eigenvalue weighted by molar-refractivity contribution is 5.16. The maximum absolute atomic E-state index is 5.46. The van der Waals surface area contributed by atoms with E-state index in [9.17, 15) is 0 Å². The molecule has 0 radical (unpaired) electrons. The molecule has 2 heterocycles. The van der Waals surface area contributed by atoms with Crippen LogP contribution in [-0.2, 0) is 4.74 Å². The lowest BCUT2D eigenvalue weighted by molar-refractivity contribution is 0.144. The Labute approximate surface area is 61.3 Å². The van der Waals surface area contributed by atoms with Crippen molar-refractivity contribution >= 4 is 0 Å². The number of nitrogens with one attached hydrogen (secondary N) is 1. The van der Waals surface area contributed by atoms with Crippen LogP contribution in [0.15, 0.2) is 11.6 Å². The Kier molecular flexibility index (Phi) is 1.74. The average molecular weight is 139 g/mol. The first-order chi connectivity index (χ1) is 4.95. The van der Waals surface area contributed by atoms with Gasteiger partial charge in [-0.2, -0.15) is 0 Å². The molecule has 2 rings (SSSR count). The normalized spacial score (nSPS) is 32.0. The number of ether oxygens (including phenoxy) is 1. The summed E-state index contributed by atoms with van der Waals surface area (Å²) in [6.07, 6.45) is 5.19. The molecule has 1 atom stereocenters. The van der Waals surface area contributed by atoms with E-state index in [1.807, 2.05) is 0 Å². The predicted molar refractivity (Wildman–Crippen MR) is 39.9 cm³/mol. The first kappa shape index (κ1) is 6.38. The van der Waals surface area contributed by atoms with Gasteiger partial charge in [-0.3, -0.25) is 0 Å². The molecule has 0 bridgehead atoms. The van der Waals surface area contributed by atoms with Crippen molar-refractivity contribution in [3.8, 4) is 0 Å². The minimum Gasteiger partial charge on any atom is -0.374 e. The van der Waals surface area contributed by atoms with Crippen LogP contribution in [0.25, 0.3) is 0 Å². The molecule has 2 saturated heterocycles. The largest absolute Gasteiger partial charge is 0.374 e. The van der Waals surface area contributed by atoms with E-state index >= 15 is 0 Å². The quantitative estimate of drug-likeness (QED) is 0.540. The lowest BCUT2D eigenvalue weighted by Gasteiger charge is -2.19. The molecule has 10 heavy (non-hydrogen) atoms. The van der Waals surface area contributed by atoms with Crippen LogP contribution in [0.4, 0.5) is 0 Å². The van der Waals surface area contributed by atoms with E-state index in [0.29, 0.717) is 6.10 Å². The average Bonchev–Trinajstić information content (AvgIpc) is 2.29. The van der Waals surface area contributed by atoms with Gasteiger partial charge >= 0.3 is 0 Å². The molecule has 2 aliphatic heterocycles. The molecule has 0 aromatic heterocycles. The van der Waals surface area contributed by atoms with Gasteiger partial charge in [-0.05, 0) is 18.4 Å². The first-order valence-electron chi connectivity index (χ1n) is 3.97. The first-order valence-corrected chi connectivity index (χ1v) is 3.97. The zero-order valence-corrected chi connectivity index (χ0v) is 6.10. The Morgan fingerprint density at radius 3 is 2.90 bits per heavy atom. The standard InChI is InChI=1S/C8H13NO/c1-2-8(10-3-1)4-7-5-9-6-7/h4,8-9H,1-3,5-6H2. The molecule has 1 unspecified atom stereocenters. The molecule has 2 nitrogen and oxygen atoms in total. The van der Waals surface area contributed by atoms with Gasteiger partial charge in [-0.1, -0.05) is 6.08 Å². The molecule has 2 fully saturated rings. The van der Waals surface area contributed by atoms with Crippen molar-refractivity contribution < 1.29 is 4.74 Å². The summed E-state index contributed by atoms with van der Waals surface area (Å²) < 4.78 is 5.46. The molecule has 0 aromatic rings. The lowest BCUT2D eigenvalue weighted by atomic mass is 10.1. The van der Waals surface area contributed by atoms with Crippen LogP contribution >= 0.6 is 0 Å². The van der Waals surface area contributed by atoms with Gasteiger partial charge in [0.05, 0.1) is 6.10 Å². The molecular formula is C8H13NO. The van der Waals surface area contributed by atoms with Crippen molar-refractivity contribution in [2.45, 2.75) is 18.9 Å². The van der Waals surface area contributed by atoms with Gasteiger partial charge in [0.2, 0.25) is 0 Å². The summed E-state index contributed by atoms with van der Waals surface area (Å²) in [7, 11) is 0. The highest BCUT2D eigenvalue weighted by Crippen LogP contribution is 2.15. The van der Waals surface area contributed by atoms with Gasteiger partial charge in [0.1, 0.15) is 0 Å². The minimum absolute atomic E-state index is 0.442. The summed E-state index contributed by atoms with van der Waals surface area (Å²) in [5.41, 5.74) is 1.52. The van der Waals surface area contributed by atoms with Gasteiger partial charge in [0.25, 0.3) is 0 Å². The Balaban J connectivity index is 1.87. The molecule has 0 saturated carbocycles. The number of hydrogen-bond acceptors (Lipinski definition) is 2. The summed E-state index contributed by atoms with van der Waals surface area (Å²) in [6, 6.07) is 0. The lowest BCUT2D eigenvalue weighted by Crippen LogP contribution is -2.34. The molecule has 0 aliphatic carbocycles. The van der Waals surface area contributed by atoms with Crippen molar-refractivity contribution in [3.63, 3.8) is 0 Å². The highest BCUT2D eigenvalue weighted by atomic mass is 16.5. The monoisotopic (exact) mass is 139 g/mol. The Morgan fingerprint density at radius 2 is 2.40 bits per heavy atom. The van der Waals surface area contributed by atoms with Crippen LogP contribution in [0.5, 0.6) is 0 Å². The van der Waals surface area contributed by atoms with Crippen LogP contribution in [0.1, 0.15) is 12.8 Å². The van der Waals surface area contributed by atoms with Crippen molar-refractivity contribution in [1.29, 1.82) is 0 Å². The van der Waals surface area contributed by atoms with E-state index < -0.39 is 0 Å². The zero-order valence-electron chi connectivity index (χ0n) is 6.10. The molecular weight excluding hydrogens is 126 g/mol. The van der Waals surface area contributed by atoms with Crippen LogP contribution < -0.4 is 5.32 Å². The van der Waals surface area contributed by atoms with Crippen LogP contribution in [0.2, 0.25) is 0 Å². The van der Waals surface area contributed by atoms with Gasteiger partial charge in [0.15, 0.2) is 0 Å². The molecule has 2 heteroatoms. The molecule has 0 spiro atoms. The minimum atomic E-state index is 0.442. The second-order valence-corrected chi connectivity index (χ2v) is 2.98. The van der Waals surface area contributed by atoms with Crippen LogP contribution in [-0.4, -0.2) is 25.8 Å². The van der Waals surface area contributed by atoms with Crippen molar-refractivity contribution in [1.82, 2.24) is 5.32 Å². The van der Waals surface area contributed by atoms with Crippen LogP contribution in [0, 0.1) is 0 Å². The summed E-state index contributed by atoms with van der Waals surface area (Å²) in [6.45, 7) is 3.13.